The van der Waals surface area contributed by atoms with Crippen molar-refractivity contribution in [2.45, 2.75) is 57.4 Å². The number of rotatable bonds is 0. The van der Waals surface area contributed by atoms with Crippen LogP contribution in [-0.2, 0) is 0 Å². The first-order valence-electron chi connectivity index (χ1n) is 2.00. The Morgan fingerprint density at radius 2 is 0.556 bits per heavy atom. The van der Waals surface area contributed by atoms with Crippen molar-refractivity contribution in [2.24, 2.45) is 5.41 Å². The lowest BCUT2D eigenvalue weighted by atomic mass is 10.0. The molecule has 0 spiro atoms. The Kier molecular flexibility index (Phi) is 43.6. The zero-order valence-electron chi connectivity index (χ0n) is 4.50. The van der Waals surface area contributed by atoms with Crippen molar-refractivity contribution in [1.29, 1.82) is 0 Å². The maximum absolute atomic E-state index is 2.19. The van der Waals surface area contributed by atoms with Crippen molar-refractivity contribution in [3.05, 3.63) is 0 Å². The minimum absolute atomic E-state index is 0. The van der Waals surface area contributed by atoms with Gasteiger partial charge in [-0.3, -0.25) is 0 Å². The largest absolute Gasteiger partial charge is 0.0776 e. The minimum atomic E-state index is 0. The predicted molar refractivity (Wildman–Crippen MR) is 52.1 cm³/mol. The third kappa shape index (κ3) is 0. The van der Waals surface area contributed by atoms with Crippen LogP contribution in [-0.4, -0.2) is 0 Å². The van der Waals surface area contributed by atoms with Crippen LogP contribution in [0.5, 0.6) is 0 Å². The lowest BCUT2D eigenvalue weighted by molar-refractivity contribution is 0.469. The molecule has 0 heteroatoms. The minimum Gasteiger partial charge on any atom is -0.0776 e. The normalized spacial score (nSPS) is 6.67. The van der Waals surface area contributed by atoms with Crippen LogP contribution in [0.1, 0.15) is 57.4 Å². The van der Waals surface area contributed by atoms with Gasteiger partial charge in [0, 0.05) is 0 Å². The average molecular weight is 136 g/mol. The standard InChI is InChI=1S/C5H12.4CH4/c1-5(2,3)4;;;;/h1-4H3;4*1H4. The molecule has 0 amide bonds. The topological polar surface area (TPSA) is 0 Å². The van der Waals surface area contributed by atoms with Crippen molar-refractivity contribution < 1.29 is 0 Å². The molecule has 0 radical (unpaired) electrons. The quantitative estimate of drug-likeness (QED) is 0.456. The number of hydrogen-bond donors (Lipinski definition) is 0. The van der Waals surface area contributed by atoms with Crippen LogP contribution in [0.25, 0.3) is 0 Å². The van der Waals surface area contributed by atoms with E-state index in [1.165, 1.54) is 0 Å². The van der Waals surface area contributed by atoms with Crippen LogP contribution in [0, 0.1) is 5.41 Å². The van der Waals surface area contributed by atoms with Crippen LogP contribution in [0.2, 0.25) is 0 Å². The van der Waals surface area contributed by atoms with E-state index in [4.69, 9.17) is 0 Å². The third-order valence-corrected chi connectivity index (χ3v) is 0. The van der Waals surface area contributed by atoms with E-state index in [0.29, 0.717) is 5.41 Å². The van der Waals surface area contributed by atoms with E-state index in [1.54, 1.807) is 0 Å². The Morgan fingerprint density at radius 1 is 0.556 bits per heavy atom. The smallest absolute Gasteiger partial charge is 0.0411 e. The van der Waals surface area contributed by atoms with Gasteiger partial charge in [0.1, 0.15) is 0 Å². The van der Waals surface area contributed by atoms with E-state index in [1.807, 2.05) is 0 Å². The molecule has 0 unspecified atom stereocenters. The summed E-state index contributed by atoms with van der Waals surface area (Å²) in [6.07, 6.45) is 0. The van der Waals surface area contributed by atoms with Gasteiger partial charge in [0.15, 0.2) is 0 Å². The molecule has 0 bridgehead atoms. The fraction of sp³-hybridized carbons (Fsp3) is 1.00. The summed E-state index contributed by atoms with van der Waals surface area (Å²) < 4.78 is 0. The van der Waals surface area contributed by atoms with Gasteiger partial charge in [-0.15, -0.1) is 0 Å². The van der Waals surface area contributed by atoms with Gasteiger partial charge in [-0.2, -0.15) is 0 Å². The summed E-state index contributed by atoms with van der Waals surface area (Å²) in [6.45, 7) is 8.75. The average Bonchev–Trinajstić information content (AvgIpc) is 0.722. The first kappa shape index (κ1) is 36.0. The van der Waals surface area contributed by atoms with Crippen molar-refractivity contribution in [2.75, 3.05) is 0 Å². The highest BCUT2D eigenvalue weighted by Gasteiger charge is 1.95. The molecule has 0 saturated heterocycles. The third-order valence-electron chi connectivity index (χ3n) is 0. The van der Waals surface area contributed by atoms with Gasteiger partial charge in [-0.05, 0) is 5.41 Å². The zero-order valence-corrected chi connectivity index (χ0v) is 4.50. The Labute approximate surface area is 63.7 Å². The predicted octanol–water partition coefficient (Wildman–Crippen LogP) is 4.60. The van der Waals surface area contributed by atoms with Gasteiger partial charge in [0.05, 0.1) is 0 Å². The molecule has 0 nitrogen and oxygen atoms in total. The van der Waals surface area contributed by atoms with Crippen molar-refractivity contribution >= 4 is 0 Å². The fourth-order valence-corrected chi connectivity index (χ4v) is 0. The second-order valence-electron chi connectivity index (χ2n) is 3.00. The Bertz CT molecular complexity index is 15.5. The second-order valence-corrected chi connectivity index (χ2v) is 3.00. The van der Waals surface area contributed by atoms with Gasteiger partial charge >= 0.3 is 0 Å². The van der Waals surface area contributed by atoms with E-state index in [-0.39, 0.29) is 29.7 Å². The summed E-state index contributed by atoms with van der Waals surface area (Å²) in [5, 5.41) is 0. The molecule has 0 aromatic rings. The second kappa shape index (κ2) is 10.9. The molecule has 0 N–H and O–H groups in total. The summed E-state index contributed by atoms with van der Waals surface area (Å²) in [5.41, 5.74) is 0.500. The zero-order chi connectivity index (χ0) is 4.50. The molecule has 0 atom stereocenters. The first-order chi connectivity index (χ1) is 2.00. The fourth-order valence-electron chi connectivity index (χ4n) is 0. The molecule has 9 heavy (non-hydrogen) atoms. The van der Waals surface area contributed by atoms with Gasteiger partial charge in [-0.1, -0.05) is 57.4 Å². The molecule has 0 rings (SSSR count). The molecule has 0 aliphatic carbocycles. The van der Waals surface area contributed by atoms with E-state index >= 15 is 0 Å². The van der Waals surface area contributed by atoms with E-state index in [0.717, 1.165) is 0 Å². The van der Waals surface area contributed by atoms with Crippen LogP contribution < -0.4 is 0 Å². The Balaban J connectivity index is -0.0000000133. The van der Waals surface area contributed by atoms with Gasteiger partial charge in [-0.25, -0.2) is 0 Å². The van der Waals surface area contributed by atoms with Crippen LogP contribution in [0.4, 0.5) is 0 Å². The summed E-state index contributed by atoms with van der Waals surface area (Å²) in [7, 11) is 0. The Morgan fingerprint density at radius 3 is 0.556 bits per heavy atom. The molecule has 0 heterocycles. The van der Waals surface area contributed by atoms with Crippen molar-refractivity contribution in [3.8, 4) is 0 Å². The molecular formula is C9H28. The van der Waals surface area contributed by atoms with Crippen LogP contribution in [0.3, 0.4) is 0 Å². The lowest BCUT2D eigenvalue weighted by Crippen LogP contribution is -1.93. The van der Waals surface area contributed by atoms with E-state index < -0.39 is 0 Å². The lowest BCUT2D eigenvalue weighted by Gasteiger charge is -2.05. The molecule has 0 aliphatic heterocycles. The molecular weight excluding hydrogens is 108 g/mol. The summed E-state index contributed by atoms with van der Waals surface area (Å²) in [5.74, 6) is 0. The highest BCUT2D eigenvalue weighted by Crippen LogP contribution is 2.07. The summed E-state index contributed by atoms with van der Waals surface area (Å²) >= 11 is 0. The van der Waals surface area contributed by atoms with Crippen molar-refractivity contribution in [3.63, 3.8) is 0 Å². The molecule has 0 fully saturated rings. The highest BCUT2D eigenvalue weighted by atomic mass is 14.0. The molecule has 0 aromatic carbocycles. The molecule has 0 aliphatic rings. The van der Waals surface area contributed by atoms with Crippen molar-refractivity contribution in [1.82, 2.24) is 0 Å². The number of hydrogen-bond acceptors (Lipinski definition) is 0. The van der Waals surface area contributed by atoms with Gasteiger partial charge in [0.25, 0.3) is 0 Å². The maximum Gasteiger partial charge on any atom is -0.0411 e. The molecule has 0 saturated carbocycles. The first-order valence-corrected chi connectivity index (χ1v) is 2.00. The SMILES string of the molecule is C.C.C.C.CC(C)(C)C. The van der Waals surface area contributed by atoms with Crippen LogP contribution >= 0.6 is 0 Å². The Hall–Kier alpha value is 0. The highest BCUT2D eigenvalue weighted by molar-refractivity contribution is 4.47. The van der Waals surface area contributed by atoms with Gasteiger partial charge < -0.3 is 0 Å². The monoisotopic (exact) mass is 136 g/mol. The summed E-state index contributed by atoms with van der Waals surface area (Å²) in [6, 6.07) is 0. The molecule has 64 valence electrons. The molecule has 0 aromatic heterocycles. The van der Waals surface area contributed by atoms with Crippen LogP contribution in [0.15, 0.2) is 0 Å². The van der Waals surface area contributed by atoms with E-state index in [2.05, 4.69) is 27.7 Å². The summed E-state index contributed by atoms with van der Waals surface area (Å²) in [4.78, 5) is 0. The van der Waals surface area contributed by atoms with E-state index in [9.17, 15) is 0 Å². The van der Waals surface area contributed by atoms with Gasteiger partial charge in [0.2, 0.25) is 0 Å². The maximum atomic E-state index is 2.19.